The van der Waals surface area contributed by atoms with Gasteiger partial charge in [-0.25, -0.2) is 14.6 Å². The fourth-order valence-electron chi connectivity index (χ4n) is 4.56. The minimum atomic E-state index is -0.754. The minimum Gasteiger partial charge on any atom is -0.496 e. The third-order valence-corrected chi connectivity index (χ3v) is 8.10. The zero-order chi connectivity index (χ0) is 29.3. The van der Waals surface area contributed by atoms with Crippen LogP contribution in [0.15, 0.2) is 84.5 Å². The molecular formula is C30H25BrN2O7S. The van der Waals surface area contributed by atoms with Gasteiger partial charge < -0.3 is 18.6 Å². The van der Waals surface area contributed by atoms with Crippen LogP contribution < -0.4 is 19.6 Å². The van der Waals surface area contributed by atoms with Gasteiger partial charge in [-0.15, -0.1) is 0 Å². The van der Waals surface area contributed by atoms with Gasteiger partial charge in [0.25, 0.3) is 5.56 Å². The molecule has 0 fully saturated rings. The molecule has 9 nitrogen and oxygen atoms in total. The van der Waals surface area contributed by atoms with Crippen LogP contribution in [0.2, 0.25) is 0 Å². The Kier molecular flexibility index (Phi) is 8.09. The van der Waals surface area contributed by atoms with Crippen molar-refractivity contribution in [2.75, 3.05) is 20.8 Å². The average Bonchev–Trinajstić information content (AvgIpc) is 3.56. The van der Waals surface area contributed by atoms with Gasteiger partial charge in [0.05, 0.1) is 52.7 Å². The first kappa shape index (κ1) is 28.3. The number of nitrogens with zero attached hydrogens (tertiary/aromatic N) is 2. The molecule has 0 radical (unpaired) electrons. The second-order valence-electron chi connectivity index (χ2n) is 8.97. The Morgan fingerprint density at radius 1 is 1.10 bits per heavy atom. The fraction of sp³-hybridized carbons (Fsp3) is 0.200. The molecule has 1 aliphatic heterocycles. The number of hydrogen-bond donors (Lipinski definition) is 0. The number of methoxy groups -OCH3 is 2. The molecule has 4 aromatic rings. The van der Waals surface area contributed by atoms with E-state index in [9.17, 15) is 14.4 Å². The standard InChI is InChI=1S/C30H25BrN2O7S/c1-5-39-29(36)25-16(2)32-30-33(26(25)19-10-12-23(37-3)21(31)14-19)27(34)24(41-30)15-20-11-13-22(40-20)17-6-8-18(9-7-17)28(35)38-4/h6-15,26H,5H2,1-4H3. The largest absolute Gasteiger partial charge is 0.496 e. The number of benzene rings is 2. The van der Waals surface area contributed by atoms with Crippen molar-refractivity contribution in [3.63, 3.8) is 0 Å². The predicted octanol–water partition coefficient (Wildman–Crippen LogP) is 4.62. The maximum atomic E-state index is 13.8. The van der Waals surface area contributed by atoms with Crippen LogP contribution in [-0.4, -0.2) is 37.3 Å². The average molecular weight is 638 g/mol. The number of thiazole rings is 1. The highest BCUT2D eigenvalue weighted by Crippen LogP contribution is 2.35. The Hall–Kier alpha value is -4.22. The second kappa shape index (κ2) is 11.7. The molecule has 1 atom stereocenters. The van der Waals surface area contributed by atoms with E-state index < -0.39 is 18.0 Å². The van der Waals surface area contributed by atoms with Crippen LogP contribution in [0.3, 0.4) is 0 Å². The topological polar surface area (TPSA) is 109 Å². The highest BCUT2D eigenvalue weighted by molar-refractivity contribution is 9.10. The molecule has 0 N–H and O–H groups in total. The summed E-state index contributed by atoms with van der Waals surface area (Å²) in [5, 5.41) is 0. The summed E-state index contributed by atoms with van der Waals surface area (Å²) in [5.41, 5.74) is 2.33. The molecule has 41 heavy (non-hydrogen) atoms. The summed E-state index contributed by atoms with van der Waals surface area (Å²) >= 11 is 4.72. The van der Waals surface area contributed by atoms with E-state index >= 15 is 0 Å². The molecule has 5 rings (SSSR count). The third-order valence-electron chi connectivity index (χ3n) is 6.50. The molecule has 11 heteroatoms. The van der Waals surface area contributed by atoms with Gasteiger partial charge in [-0.05, 0) is 71.7 Å². The maximum Gasteiger partial charge on any atom is 0.338 e. The Morgan fingerprint density at radius 3 is 2.51 bits per heavy atom. The Morgan fingerprint density at radius 2 is 1.85 bits per heavy atom. The lowest BCUT2D eigenvalue weighted by Gasteiger charge is -2.25. The molecule has 0 amide bonds. The van der Waals surface area contributed by atoms with Crippen molar-refractivity contribution in [2.45, 2.75) is 19.9 Å². The normalized spacial score (nSPS) is 14.9. The van der Waals surface area contributed by atoms with Crippen LogP contribution in [0.25, 0.3) is 17.4 Å². The van der Waals surface area contributed by atoms with E-state index in [-0.39, 0.29) is 12.2 Å². The van der Waals surface area contributed by atoms with E-state index in [2.05, 4.69) is 20.9 Å². The summed E-state index contributed by atoms with van der Waals surface area (Å²) < 4.78 is 24.1. The summed E-state index contributed by atoms with van der Waals surface area (Å²) in [4.78, 5) is 43.7. The van der Waals surface area contributed by atoms with Crippen molar-refractivity contribution in [1.29, 1.82) is 0 Å². The zero-order valence-corrected chi connectivity index (χ0v) is 25.0. The number of halogens is 1. The summed E-state index contributed by atoms with van der Waals surface area (Å²) in [5.74, 6) is 0.699. The number of allylic oxidation sites excluding steroid dienone is 1. The number of ether oxygens (including phenoxy) is 3. The summed E-state index contributed by atoms with van der Waals surface area (Å²) in [7, 11) is 2.89. The SMILES string of the molecule is CCOC(=O)C1=C(C)N=c2sc(=Cc3ccc(-c4ccc(C(=O)OC)cc4)o3)c(=O)n2C1c1ccc(OC)c(Br)c1. The first-order valence-corrected chi connectivity index (χ1v) is 14.2. The lowest BCUT2D eigenvalue weighted by molar-refractivity contribution is -0.139. The molecule has 2 aromatic heterocycles. The van der Waals surface area contributed by atoms with Gasteiger partial charge in [-0.3, -0.25) is 9.36 Å². The molecule has 0 spiro atoms. The number of esters is 2. The lowest BCUT2D eigenvalue weighted by Crippen LogP contribution is -2.39. The van der Waals surface area contributed by atoms with Crippen LogP contribution >= 0.6 is 27.3 Å². The van der Waals surface area contributed by atoms with E-state index in [0.29, 0.717) is 53.5 Å². The molecule has 0 saturated carbocycles. The number of carbonyl (C=O) groups is 2. The lowest BCUT2D eigenvalue weighted by atomic mass is 9.96. The highest BCUT2D eigenvalue weighted by Gasteiger charge is 2.33. The van der Waals surface area contributed by atoms with Crippen molar-refractivity contribution in [1.82, 2.24) is 4.57 Å². The van der Waals surface area contributed by atoms with Crippen molar-refractivity contribution in [2.24, 2.45) is 4.99 Å². The second-order valence-corrected chi connectivity index (χ2v) is 10.8. The molecule has 0 bridgehead atoms. The molecule has 1 unspecified atom stereocenters. The van der Waals surface area contributed by atoms with Crippen LogP contribution in [-0.2, 0) is 14.3 Å². The molecule has 2 aromatic carbocycles. The number of carbonyl (C=O) groups excluding carboxylic acids is 2. The van der Waals surface area contributed by atoms with Gasteiger partial charge in [0, 0.05) is 11.6 Å². The van der Waals surface area contributed by atoms with Crippen LogP contribution in [0.1, 0.15) is 41.6 Å². The van der Waals surface area contributed by atoms with E-state index in [1.54, 1.807) is 69.5 Å². The summed E-state index contributed by atoms with van der Waals surface area (Å²) in [6, 6.07) is 15.0. The monoisotopic (exact) mass is 636 g/mol. The maximum absolute atomic E-state index is 13.8. The molecule has 210 valence electrons. The van der Waals surface area contributed by atoms with Crippen molar-refractivity contribution in [3.05, 3.63) is 107 Å². The predicted molar refractivity (Wildman–Crippen MR) is 157 cm³/mol. The number of fused-ring (bicyclic) bond motifs is 1. The van der Waals surface area contributed by atoms with Gasteiger partial charge in [-0.2, -0.15) is 0 Å². The molecule has 3 heterocycles. The van der Waals surface area contributed by atoms with Crippen LogP contribution in [0.4, 0.5) is 0 Å². The fourth-order valence-corrected chi connectivity index (χ4v) is 6.15. The van der Waals surface area contributed by atoms with Crippen LogP contribution in [0, 0.1) is 0 Å². The highest BCUT2D eigenvalue weighted by atomic mass is 79.9. The molecule has 0 aliphatic carbocycles. The summed E-state index contributed by atoms with van der Waals surface area (Å²) in [6.07, 6.45) is 1.65. The Balaban J connectivity index is 1.59. The van der Waals surface area contributed by atoms with E-state index in [1.807, 2.05) is 12.1 Å². The van der Waals surface area contributed by atoms with Crippen molar-refractivity contribution >= 4 is 45.3 Å². The zero-order valence-electron chi connectivity index (χ0n) is 22.6. The Labute approximate surface area is 247 Å². The van der Waals surface area contributed by atoms with Gasteiger partial charge in [0.15, 0.2) is 4.80 Å². The summed E-state index contributed by atoms with van der Waals surface area (Å²) in [6.45, 7) is 3.65. The van der Waals surface area contributed by atoms with E-state index in [0.717, 1.165) is 5.56 Å². The van der Waals surface area contributed by atoms with Crippen molar-refractivity contribution < 1.29 is 28.2 Å². The number of rotatable bonds is 7. The quantitative estimate of drug-likeness (QED) is 0.272. The number of aromatic nitrogens is 1. The van der Waals surface area contributed by atoms with E-state index in [4.69, 9.17) is 18.6 Å². The third kappa shape index (κ3) is 5.42. The van der Waals surface area contributed by atoms with Gasteiger partial charge in [0.1, 0.15) is 17.3 Å². The number of furan rings is 1. The smallest absolute Gasteiger partial charge is 0.338 e. The Bertz CT molecular complexity index is 1870. The molecule has 0 saturated heterocycles. The molecule has 1 aliphatic rings. The van der Waals surface area contributed by atoms with Crippen molar-refractivity contribution in [3.8, 4) is 17.1 Å². The van der Waals surface area contributed by atoms with Gasteiger partial charge in [0.2, 0.25) is 0 Å². The number of hydrogen-bond acceptors (Lipinski definition) is 9. The van der Waals surface area contributed by atoms with E-state index in [1.165, 1.54) is 23.0 Å². The molecular weight excluding hydrogens is 612 g/mol. The minimum absolute atomic E-state index is 0.186. The first-order chi connectivity index (χ1) is 19.7. The van der Waals surface area contributed by atoms with Gasteiger partial charge in [-0.1, -0.05) is 29.5 Å². The first-order valence-electron chi connectivity index (χ1n) is 12.6. The van der Waals surface area contributed by atoms with Gasteiger partial charge >= 0.3 is 11.9 Å². The van der Waals surface area contributed by atoms with Crippen LogP contribution in [0.5, 0.6) is 5.75 Å².